The monoisotopic (exact) mass is 265 g/mol. The molecule has 0 fully saturated rings. The molecule has 0 aliphatic heterocycles. The lowest BCUT2D eigenvalue weighted by Gasteiger charge is -2.19. The third kappa shape index (κ3) is 4.24. The molecule has 1 aromatic heterocycles. The van der Waals surface area contributed by atoms with Gasteiger partial charge in [0.05, 0.1) is 5.56 Å². The van der Waals surface area contributed by atoms with Crippen LogP contribution in [0.5, 0.6) is 0 Å². The third-order valence-corrected chi connectivity index (χ3v) is 2.82. The minimum absolute atomic E-state index is 0.0584. The summed E-state index contributed by atoms with van der Waals surface area (Å²) in [5.41, 5.74) is 0.940. The number of amides is 1. The number of carboxylic acids is 1. The predicted molar refractivity (Wildman–Crippen MR) is 72.5 cm³/mol. The maximum absolute atomic E-state index is 11.2. The van der Waals surface area contributed by atoms with Crippen LogP contribution in [0.3, 0.4) is 0 Å². The molecule has 1 heterocycles. The van der Waals surface area contributed by atoms with Crippen molar-refractivity contribution in [2.75, 3.05) is 25.5 Å². The van der Waals surface area contributed by atoms with Crippen LogP contribution in [-0.2, 0) is 11.2 Å². The third-order valence-electron chi connectivity index (χ3n) is 2.82. The predicted octanol–water partition coefficient (Wildman–Crippen LogP) is 0.914. The Morgan fingerprint density at radius 2 is 2.11 bits per heavy atom. The molecule has 0 spiro atoms. The average Bonchev–Trinajstić information content (AvgIpc) is 2.43. The lowest BCUT2D eigenvalue weighted by atomic mass is 10.2. The molecule has 19 heavy (non-hydrogen) atoms. The van der Waals surface area contributed by atoms with Crippen LogP contribution in [-0.4, -0.2) is 42.6 Å². The Morgan fingerprint density at radius 3 is 2.63 bits per heavy atom. The van der Waals surface area contributed by atoms with E-state index in [1.807, 2.05) is 6.92 Å². The normalized spacial score (nSPS) is 10.1. The summed E-state index contributed by atoms with van der Waals surface area (Å²) in [5.74, 6) is -0.462. The van der Waals surface area contributed by atoms with Crippen molar-refractivity contribution < 1.29 is 14.7 Å². The molecule has 0 bridgehead atoms. The fraction of sp³-hybridized carbons (Fsp3) is 0.462. The van der Waals surface area contributed by atoms with Gasteiger partial charge < -0.3 is 15.3 Å². The minimum Gasteiger partial charge on any atom is -0.478 e. The Morgan fingerprint density at radius 1 is 1.42 bits per heavy atom. The molecule has 2 N–H and O–H groups in total. The molecule has 6 nitrogen and oxygen atoms in total. The Kier molecular flexibility index (Phi) is 5.29. The summed E-state index contributed by atoms with van der Waals surface area (Å²) in [6.45, 7) is 2.40. The van der Waals surface area contributed by atoms with Crippen molar-refractivity contribution in [1.82, 2.24) is 10.3 Å². The van der Waals surface area contributed by atoms with E-state index in [0.29, 0.717) is 25.2 Å². The number of carbonyl (C=O) groups excluding carboxylic acids is 1. The van der Waals surface area contributed by atoms with Gasteiger partial charge in [-0.1, -0.05) is 6.92 Å². The average molecular weight is 265 g/mol. The number of aromatic nitrogens is 1. The quantitative estimate of drug-likeness (QED) is 0.799. The molecule has 0 aliphatic carbocycles. The van der Waals surface area contributed by atoms with Crippen molar-refractivity contribution in [2.45, 2.75) is 19.8 Å². The molecule has 0 saturated heterocycles. The second kappa shape index (κ2) is 6.72. The molecule has 104 valence electrons. The second-order valence-electron chi connectivity index (χ2n) is 4.21. The highest BCUT2D eigenvalue weighted by atomic mass is 16.4. The van der Waals surface area contributed by atoms with E-state index in [0.717, 1.165) is 5.69 Å². The number of hydrogen-bond donors (Lipinski definition) is 2. The lowest BCUT2D eigenvalue weighted by Crippen LogP contribution is -2.27. The van der Waals surface area contributed by atoms with Crippen LogP contribution >= 0.6 is 0 Å². The summed E-state index contributed by atoms with van der Waals surface area (Å²) in [6, 6.07) is 3.09. The van der Waals surface area contributed by atoms with Gasteiger partial charge in [0.2, 0.25) is 5.91 Å². The van der Waals surface area contributed by atoms with Crippen LogP contribution in [0.4, 0.5) is 5.82 Å². The maximum atomic E-state index is 11.2. The molecule has 0 aliphatic rings. The molecular formula is C13H19N3O3. The number of anilines is 1. The van der Waals surface area contributed by atoms with Gasteiger partial charge in [-0.3, -0.25) is 4.79 Å². The molecular weight excluding hydrogens is 246 g/mol. The van der Waals surface area contributed by atoms with Gasteiger partial charge >= 0.3 is 5.97 Å². The van der Waals surface area contributed by atoms with Crippen molar-refractivity contribution in [2.24, 2.45) is 0 Å². The summed E-state index contributed by atoms with van der Waals surface area (Å²) in [4.78, 5) is 28.4. The topological polar surface area (TPSA) is 82.5 Å². The number of rotatable bonds is 6. The van der Waals surface area contributed by atoms with Crippen molar-refractivity contribution in [3.63, 3.8) is 0 Å². The van der Waals surface area contributed by atoms with Crippen molar-refractivity contribution in [3.05, 3.63) is 23.4 Å². The number of hydrogen-bond acceptors (Lipinski definition) is 4. The van der Waals surface area contributed by atoms with E-state index in [-0.39, 0.29) is 11.5 Å². The fourth-order valence-electron chi connectivity index (χ4n) is 1.58. The van der Waals surface area contributed by atoms with Crippen LogP contribution in [0.25, 0.3) is 0 Å². The maximum Gasteiger partial charge on any atom is 0.335 e. The number of carbonyl (C=O) groups is 2. The first-order chi connectivity index (χ1) is 8.97. The van der Waals surface area contributed by atoms with E-state index in [1.165, 1.54) is 6.07 Å². The summed E-state index contributed by atoms with van der Waals surface area (Å²) in [5, 5.41) is 11.6. The van der Waals surface area contributed by atoms with Crippen LogP contribution in [0.15, 0.2) is 12.1 Å². The Balaban J connectivity index is 2.89. The molecule has 1 aromatic rings. The largest absolute Gasteiger partial charge is 0.478 e. The van der Waals surface area contributed by atoms with Gasteiger partial charge in [0, 0.05) is 32.8 Å². The standard InChI is InChI=1S/C13H19N3O3/c1-4-10-7-9(13(18)19)8-11(15-10)16(3)6-5-12(17)14-2/h7-8H,4-6H2,1-3H3,(H,14,17)(H,18,19). The molecule has 6 heteroatoms. The van der Waals surface area contributed by atoms with Gasteiger partial charge in [-0.25, -0.2) is 9.78 Å². The van der Waals surface area contributed by atoms with Crippen molar-refractivity contribution in [1.29, 1.82) is 0 Å². The Hall–Kier alpha value is -2.11. The van der Waals surface area contributed by atoms with Crippen molar-refractivity contribution >= 4 is 17.7 Å². The van der Waals surface area contributed by atoms with Crippen LogP contribution in [0.2, 0.25) is 0 Å². The van der Waals surface area contributed by atoms with Gasteiger partial charge in [0.15, 0.2) is 0 Å². The van der Waals surface area contributed by atoms with Crippen LogP contribution in [0.1, 0.15) is 29.4 Å². The number of aryl methyl sites for hydroxylation is 1. The summed E-state index contributed by atoms with van der Waals surface area (Å²) >= 11 is 0. The van der Waals surface area contributed by atoms with E-state index in [2.05, 4.69) is 10.3 Å². The first kappa shape index (κ1) is 14.9. The highest BCUT2D eigenvalue weighted by molar-refractivity contribution is 5.88. The van der Waals surface area contributed by atoms with E-state index < -0.39 is 5.97 Å². The van der Waals surface area contributed by atoms with E-state index in [9.17, 15) is 9.59 Å². The number of nitrogens with zero attached hydrogens (tertiary/aromatic N) is 2. The summed E-state index contributed by atoms with van der Waals surface area (Å²) in [7, 11) is 3.37. The molecule has 0 radical (unpaired) electrons. The highest BCUT2D eigenvalue weighted by Crippen LogP contribution is 2.15. The molecule has 1 amide bonds. The van der Waals surface area contributed by atoms with Gasteiger partial charge in [0.25, 0.3) is 0 Å². The van der Waals surface area contributed by atoms with Crippen LogP contribution < -0.4 is 10.2 Å². The SMILES string of the molecule is CCc1cc(C(=O)O)cc(N(C)CCC(=O)NC)n1. The molecule has 0 atom stereocenters. The lowest BCUT2D eigenvalue weighted by molar-refractivity contribution is -0.120. The van der Waals surface area contributed by atoms with Gasteiger partial charge in [0.1, 0.15) is 5.82 Å². The van der Waals surface area contributed by atoms with E-state index >= 15 is 0 Å². The zero-order valence-corrected chi connectivity index (χ0v) is 11.4. The van der Waals surface area contributed by atoms with Crippen LogP contribution in [0, 0.1) is 0 Å². The smallest absolute Gasteiger partial charge is 0.335 e. The van der Waals surface area contributed by atoms with Gasteiger partial charge in [-0.2, -0.15) is 0 Å². The number of aromatic carboxylic acids is 1. The van der Waals surface area contributed by atoms with E-state index in [4.69, 9.17) is 5.11 Å². The highest BCUT2D eigenvalue weighted by Gasteiger charge is 2.11. The first-order valence-electron chi connectivity index (χ1n) is 6.14. The molecule has 0 aromatic carbocycles. The number of pyridine rings is 1. The first-order valence-corrected chi connectivity index (χ1v) is 6.14. The van der Waals surface area contributed by atoms with Gasteiger partial charge in [-0.15, -0.1) is 0 Å². The number of nitrogens with one attached hydrogen (secondary N) is 1. The summed E-state index contributed by atoms with van der Waals surface area (Å²) in [6.07, 6.45) is 1.00. The second-order valence-corrected chi connectivity index (χ2v) is 4.21. The molecule has 0 saturated carbocycles. The van der Waals surface area contributed by atoms with Gasteiger partial charge in [-0.05, 0) is 18.6 Å². The molecule has 0 unspecified atom stereocenters. The Bertz CT molecular complexity index is 474. The number of carboxylic acid groups (broad SMARTS) is 1. The minimum atomic E-state index is -0.974. The summed E-state index contributed by atoms with van der Waals surface area (Å²) < 4.78 is 0. The fourth-order valence-corrected chi connectivity index (χ4v) is 1.58. The zero-order valence-electron chi connectivity index (χ0n) is 11.4. The zero-order chi connectivity index (χ0) is 14.4. The molecule has 1 rings (SSSR count). The van der Waals surface area contributed by atoms with Crippen molar-refractivity contribution in [3.8, 4) is 0 Å². The Labute approximate surface area is 112 Å². The van der Waals surface area contributed by atoms with E-state index in [1.54, 1.807) is 25.1 Å².